The van der Waals surface area contributed by atoms with E-state index in [-0.39, 0.29) is 23.9 Å². The number of rotatable bonds is 3. The van der Waals surface area contributed by atoms with Crippen LogP contribution in [0.4, 0.5) is 0 Å². The van der Waals surface area contributed by atoms with Crippen molar-refractivity contribution in [3.05, 3.63) is 12.4 Å². The first-order valence-electron chi connectivity index (χ1n) is 7.40. The van der Waals surface area contributed by atoms with Crippen LogP contribution in [0.5, 0.6) is 0 Å². The van der Waals surface area contributed by atoms with E-state index in [2.05, 4.69) is 32.8 Å². The van der Waals surface area contributed by atoms with Crippen LogP contribution in [0.2, 0.25) is 0 Å². The number of nitrogens with two attached hydrogens (primary N) is 1. The van der Waals surface area contributed by atoms with E-state index in [0.29, 0.717) is 6.54 Å². The smallest absolute Gasteiger partial charge is 0.399 e. The van der Waals surface area contributed by atoms with E-state index >= 15 is 0 Å². The minimum atomic E-state index is -0.344. The highest BCUT2D eigenvalue weighted by atomic mass is 16.7. The van der Waals surface area contributed by atoms with E-state index < -0.39 is 0 Å². The first kappa shape index (κ1) is 14.1. The summed E-state index contributed by atoms with van der Waals surface area (Å²) in [4.78, 5) is 0. The lowest BCUT2D eigenvalue weighted by molar-refractivity contribution is 0.00578. The summed E-state index contributed by atoms with van der Waals surface area (Å²) in [6.07, 6.45) is 7.32. The largest absolute Gasteiger partial charge is 0.498 e. The molecule has 1 saturated heterocycles. The fourth-order valence-electron chi connectivity index (χ4n) is 2.81. The first-order valence-corrected chi connectivity index (χ1v) is 7.40. The molecule has 1 saturated carbocycles. The van der Waals surface area contributed by atoms with Crippen LogP contribution in [0.1, 0.15) is 47.0 Å². The van der Waals surface area contributed by atoms with Crippen LogP contribution < -0.4 is 11.2 Å². The minimum Gasteiger partial charge on any atom is -0.399 e. The fraction of sp³-hybridized carbons (Fsp3) is 0.786. The van der Waals surface area contributed by atoms with Crippen LogP contribution in [-0.2, 0) is 14.8 Å². The molecule has 2 aliphatic rings. The average Bonchev–Trinajstić information content (AvgIpc) is 2.83. The third-order valence-electron chi connectivity index (χ3n) is 5.28. The standard InChI is InChI=1S/C14H24BN3O2/c1-12(2)13(3,4)20-15(19-12)11-8-17-18(9-11)14(10-16)6-5-7-14/h8-9H,5-7,10,16H2,1-4H3. The molecular weight excluding hydrogens is 253 g/mol. The van der Waals surface area contributed by atoms with Crippen LogP contribution in [0, 0.1) is 0 Å². The van der Waals surface area contributed by atoms with Gasteiger partial charge in [0, 0.05) is 24.4 Å². The summed E-state index contributed by atoms with van der Waals surface area (Å²) < 4.78 is 14.1. The summed E-state index contributed by atoms with van der Waals surface area (Å²) in [5.74, 6) is 0. The van der Waals surface area contributed by atoms with Gasteiger partial charge in [-0.1, -0.05) is 0 Å². The Bertz CT molecular complexity index is 487. The number of hydrogen-bond acceptors (Lipinski definition) is 4. The Balaban J connectivity index is 1.82. The summed E-state index contributed by atoms with van der Waals surface area (Å²) in [7, 11) is -0.344. The van der Waals surface area contributed by atoms with Crippen LogP contribution in [0.15, 0.2) is 12.4 Å². The molecule has 6 heteroatoms. The zero-order chi connectivity index (χ0) is 14.6. The first-order chi connectivity index (χ1) is 9.30. The Hall–Kier alpha value is -0.845. The highest BCUT2D eigenvalue weighted by Crippen LogP contribution is 2.38. The molecule has 0 amide bonds. The molecule has 0 bridgehead atoms. The quantitative estimate of drug-likeness (QED) is 0.838. The molecule has 2 heterocycles. The van der Waals surface area contributed by atoms with Gasteiger partial charge in [-0.3, -0.25) is 4.68 Å². The third-order valence-corrected chi connectivity index (χ3v) is 5.28. The van der Waals surface area contributed by atoms with E-state index in [1.54, 1.807) is 0 Å². The van der Waals surface area contributed by atoms with Crippen LogP contribution in [0.25, 0.3) is 0 Å². The van der Waals surface area contributed by atoms with Crippen molar-refractivity contribution in [1.29, 1.82) is 0 Å². The SMILES string of the molecule is CC1(C)OB(c2cnn(C3(CN)CCC3)c2)OC1(C)C. The summed E-state index contributed by atoms with van der Waals surface area (Å²) in [6.45, 7) is 8.88. The lowest BCUT2D eigenvalue weighted by Gasteiger charge is -2.41. The molecule has 1 aliphatic carbocycles. The van der Waals surface area contributed by atoms with Gasteiger partial charge in [-0.05, 0) is 47.0 Å². The van der Waals surface area contributed by atoms with E-state index in [1.807, 2.05) is 17.1 Å². The third kappa shape index (κ3) is 1.93. The molecule has 0 unspecified atom stereocenters. The lowest BCUT2D eigenvalue weighted by atomic mass is 9.76. The van der Waals surface area contributed by atoms with Gasteiger partial charge in [0.05, 0.1) is 16.7 Å². The molecule has 0 spiro atoms. The van der Waals surface area contributed by atoms with Crippen molar-refractivity contribution in [3.8, 4) is 0 Å². The Morgan fingerprint density at radius 2 is 1.85 bits per heavy atom. The molecule has 1 aromatic rings. The molecule has 0 radical (unpaired) electrons. The summed E-state index contributed by atoms with van der Waals surface area (Å²) in [5.41, 5.74) is 6.28. The molecule has 20 heavy (non-hydrogen) atoms. The van der Waals surface area contributed by atoms with Gasteiger partial charge in [0.1, 0.15) is 0 Å². The number of hydrogen-bond donors (Lipinski definition) is 1. The maximum Gasteiger partial charge on any atom is 0.498 e. The zero-order valence-electron chi connectivity index (χ0n) is 12.8. The zero-order valence-corrected chi connectivity index (χ0v) is 12.8. The Kier molecular flexibility index (Phi) is 3.05. The molecule has 2 N–H and O–H groups in total. The van der Waals surface area contributed by atoms with Crippen molar-refractivity contribution < 1.29 is 9.31 Å². The topological polar surface area (TPSA) is 62.3 Å². The minimum absolute atomic E-state index is 0.0158. The van der Waals surface area contributed by atoms with E-state index in [4.69, 9.17) is 15.0 Å². The predicted molar refractivity (Wildman–Crippen MR) is 78.8 cm³/mol. The summed E-state index contributed by atoms with van der Waals surface area (Å²) >= 11 is 0. The monoisotopic (exact) mass is 277 g/mol. The lowest BCUT2D eigenvalue weighted by Crippen LogP contribution is -2.47. The average molecular weight is 277 g/mol. The van der Waals surface area contributed by atoms with Gasteiger partial charge >= 0.3 is 7.12 Å². The maximum absolute atomic E-state index is 6.05. The highest BCUT2D eigenvalue weighted by Gasteiger charge is 2.52. The Labute approximate surface area is 121 Å². The van der Waals surface area contributed by atoms with Gasteiger partial charge in [-0.25, -0.2) is 0 Å². The van der Waals surface area contributed by atoms with Gasteiger partial charge in [-0.15, -0.1) is 0 Å². The molecule has 0 aromatic carbocycles. The normalized spacial score (nSPS) is 26.6. The van der Waals surface area contributed by atoms with Crippen molar-refractivity contribution in [2.45, 2.75) is 63.7 Å². The van der Waals surface area contributed by atoms with E-state index in [0.717, 1.165) is 18.3 Å². The molecule has 3 rings (SSSR count). The maximum atomic E-state index is 6.05. The van der Waals surface area contributed by atoms with Crippen molar-refractivity contribution in [3.63, 3.8) is 0 Å². The summed E-state index contributed by atoms with van der Waals surface area (Å²) in [5, 5.41) is 4.50. The van der Waals surface area contributed by atoms with Crippen molar-refractivity contribution in [1.82, 2.24) is 9.78 Å². The van der Waals surface area contributed by atoms with Gasteiger partial charge in [0.2, 0.25) is 0 Å². The Morgan fingerprint density at radius 1 is 1.25 bits per heavy atom. The van der Waals surface area contributed by atoms with E-state index in [1.165, 1.54) is 6.42 Å². The van der Waals surface area contributed by atoms with Gasteiger partial charge in [0.25, 0.3) is 0 Å². The molecule has 0 atom stereocenters. The molecular formula is C14H24BN3O2. The molecule has 1 aliphatic heterocycles. The van der Waals surface area contributed by atoms with Crippen molar-refractivity contribution in [2.75, 3.05) is 6.54 Å². The van der Waals surface area contributed by atoms with E-state index in [9.17, 15) is 0 Å². The van der Waals surface area contributed by atoms with Crippen LogP contribution >= 0.6 is 0 Å². The van der Waals surface area contributed by atoms with Crippen LogP contribution in [-0.4, -0.2) is 34.6 Å². The number of aromatic nitrogens is 2. The molecule has 1 aromatic heterocycles. The highest BCUT2D eigenvalue weighted by molar-refractivity contribution is 6.62. The van der Waals surface area contributed by atoms with Gasteiger partial charge < -0.3 is 15.0 Å². The second-order valence-corrected chi connectivity index (χ2v) is 7.09. The second-order valence-electron chi connectivity index (χ2n) is 7.09. The van der Waals surface area contributed by atoms with Crippen molar-refractivity contribution in [2.24, 2.45) is 5.73 Å². The van der Waals surface area contributed by atoms with Crippen LogP contribution in [0.3, 0.4) is 0 Å². The van der Waals surface area contributed by atoms with Gasteiger partial charge in [-0.2, -0.15) is 5.10 Å². The fourth-order valence-corrected chi connectivity index (χ4v) is 2.81. The Morgan fingerprint density at radius 3 is 2.30 bits per heavy atom. The summed E-state index contributed by atoms with van der Waals surface area (Å²) in [6, 6.07) is 0. The molecule has 110 valence electrons. The van der Waals surface area contributed by atoms with Crippen molar-refractivity contribution >= 4 is 12.6 Å². The predicted octanol–water partition coefficient (Wildman–Crippen LogP) is 1.02. The van der Waals surface area contributed by atoms with Gasteiger partial charge in [0.15, 0.2) is 0 Å². The molecule has 2 fully saturated rings. The molecule has 5 nitrogen and oxygen atoms in total. The number of nitrogens with zero attached hydrogens (tertiary/aromatic N) is 2. The second kappa shape index (κ2) is 4.32.